The lowest BCUT2D eigenvalue weighted by Crippen LogP contribution is -2.45. The molecule has 0 aliphatic heterocycles. The summed E-state index contributed by atoms with van der Waals surface area (Å²) >= 11 is 5.99. The summed E-state index contributed by atoms with van der Waals surface area (Å²) in [5.41, 5.74) is 0.697. The van der Waals surface area contributed by atoms with Crippen LogP contribution in [0, 0.1) is 5.41 Å². The number of rotatable bonds is 9. The lowest BCUT2D eigenvalue weighted by atomic mass is 9.92. The number of anilines is 1. The van der Waals surface area contributed by atoms with Gasteiger partial charge >= 0.3 is 0 Å². The summed E-state index contributed by atoms with van der Waals surface area (Å²) in [6.07, 6.45) is 0.745. The van der Waals surface area contributed by atoms with Gasteiger partial charge in [-0.25, -0.2) is 4.68 Å². The van der Waals surface area contributed by atoms with Gasteiger partial charge in [0.1, 0.15) is 11.6 Å². The molecule has 8 heteroatoms. The number of amides is 2. The number of alkyl halides is 1. The Balaban J connectivity index is 2.32. The molecule has 176 valence electrons. The van der Waals surface area contributed by atoms with Gasteiger partial charge in [0, 0.05) is 23.9 Å². The van der Waals surface area contributed by atoms with Gasteiger partial charge in [0.15, 0.2) is 0 Å². The second kappa shape index (κ2) is 10.4. The van der Waals surface area contributed by atoms with E-state index in [2.05, 4.69) is 26.1 Å². The number of carbonyl (C=O) groups is 2. The molecule has 2 rings (SSSR count). The van der Waals surface area contributed by atoms with Crippen LogP contribution in [0.4, 0.5) is 5.82 Å². The first kappa shape index (κ1) is 25.7. The molecule has 1 N–H and O–H groups in total. The van der Waals surface area contributed by atoms with Gasteiger partial charge in [0.25, 0.3) is 0 Å². The maximum Gasteiger partial charge on any atom is 0.245 e. The Labute approximate surface area is 196 Å². The zero-order chi connectivity index (χ0) is 24.1. The monoisotopic (exact) mass is 462 g/mol. The van der Waals surface area contributed by atoms with Crippen molar-refractivity contribution in [2.45, 2.75) is 53.4 Å². The molecule has 0 bridgehead atoms. The van der Waals surface area contributed by atoms with E-state index in [0.717, 1.165) is 23.6 Å². The third-order valence-electron chi connectivity index (χ3n) is 5.09. The predicted octanol–water partition coefficient (Wildman–Crippen LogP) is 4.62. The lowest BCUT2D eigenvalue weighted by Gasteiger charge is -2.30. The number of nitrogens with zero attached hydrogens (tertiary/aromatic N) is 3. The largest absolute Gasteiger partial charge is 0.497 e. The molecule has 0 saturated heterocycles. The van der Waals surface area contributed by atoms with E-state index in [1.165, 1.54) is 0 Å². The maximum absolute atomic E-state index is 13.0. The topological polar surface area (TPSA) is 76.5 Å². The standard InChI is InChI=1S/C24H35ClN4O3/c1-8-13-28(22(31)24(5,6)16-25)15-21(30)26-20-14-19(23(2,3)4)27-29(20)17-9-11-18(32-7)12-10-17/h9-12,14H,8,13,15-16H2,1-7H3,(H,26,30). The molecular weight excluding hydrogens is 428 g/mol. The van der Waals surface area contributed by atoms with E-state index >= 15 is 0 Å². The predicted molar refractivity (Wildman–Crippen MR) is 129 cm³/mol. The van der Waals surface area contributed by atoms with Crippen LogP contribution in [0.25, 0.3) is 5.69 Å². The van der Waals surface area contributed by atoms with Crippen LogP contribution in [0.15, 0.2) is 30.3 Å². The minimum Gasteiger partial charge on any atom is -0.497 e. The highest BCUT2D eigenvalue weighted by Crippen LogP contribution is 2.27. The lowest BCUT2D eigenvalue weighted by molar-refractivity contribution is -0.141. The molecule has 2 aromatic rings. The normalized spacial score (nSPS) is 11.9. The highest BCUT2D eigenvalue weighted by Gasteiger charge is 2.32. The van der Waals surface area contributed by atoms with Gasteiger partial charge in [-0.05, 0) is 44.5 Å². The van der Waals surface area contributed by atoms with Gasteiger partial charge in [0.05, 0.1) is 30.5 Å². The number of methoxy groups -OCH3 is 1. The Bertz CT molecular complexity index is 930. The smallest absolute Gasteiger partial charge is 0.245 e. The van der Waals surface area contributed by atoms with E-state index in [1.807, 2.05) is 37.3 Å². The molecule has 1 heterocycles. The minimum atomic E-state index is -0.735. The van der Waals surface area contributed by atoms with E-state index in [-0.39, 0.29) is 29.7 Å². The fourth-order valence-corrected chi connectivity index (χ4v) is 3.23. The first-order chi connectivity index (χ1) is 14.9. The fraction of sp³-hybridized carbons (Fsp3) is 0.542. The molecule has 0 spiro atoms. The minimum absolute atomic E-state index is 0.0500. The third-order valence-corrected chi connectivity index (χ3v) is 5.76. The molecule has 0 aliphatic rings. The van der Waals surface area contributed by atoms with Gasteiger partial charge in [-0.3, -0.25) is 9.59 Å². The number of nitrogens with one attached hydrogen (secondary N) is 1. The molecule has 0 unspecified atom stereocenters. The molecule has 32 heavy (non-hydrogen) atoms. The van der Waals surface area contributed by atoms with Crippen molar-refractivity contribution in [2.24, 2.45) is 5.41 Å². The molecule has 0 fully saturated rings. The number of ether oxygens (including phenoxy) is 1. The summed E-state index contributed by atoms with van der Waals surface area (Å²) in [7, 11) is 1.61. The Hall–Kier alpha value is -2.54. The van der Waals surface area contributed by atoms with E-state index in [4.69, 9.17) is 21.4 Å². The van der Waals surface area contributed by atoms with E-state index in [9.17, 15) is 9.59 Å². The summed E-state index contributed by atoms with van der Waals surface area (Å²) in [6, 6.07) is 9.31. The Morgan fingerprint density at radius 3 is 2.28 bits per heavy atom. The third kappa shape index (κ3) is 6.25. The van der Waals surface area contributed by atoms with Gasteiger partial charge < -0.3 is 15.0 Å². The van der Waals surface area contributed by atoms with Crippen molar-refractivity contribution in [2.75, 3.05) is 31.4 Å². The van der Waals surface area contributed by atoms with Crippen LogP contribution in [0.5, 0.6) is 5.75 Å². The molecule has 0 atom stereocenters. The number of halogens is 1. The van der Waals surface area contributed by atoms with Crippen LogP contribution in [0.3, 0.4) is 0 Å². The van der Waals surface area contributed by atoms with Crippen LogP contribution in [-0.2, 0) is 15.0 Å². The fourth-order valence-electron chi connectivity index (χ4n) is 3.12. The van der Waals surface area contributed by atoms with Crippen molar-refractivity contribution in [3.63, 3.8) is 0 Å². The average molecular weight is 463 g/mol. The maximum atomic E-state index is 13.0. The summed E-state index contributed by atoms with van der Waals surface area (Å²) in [5, 5.41) is 7.67. The number of carbonyl (C=O) groups excluding carboxylic acids is 2. The van der Waals surface area contributed by atoms with Gasteiger partial charge in [-0.2, -0.15) is 5.10 Å². The zero-order valence-electron chi connectivity index (χ0n) is 20.2. The number of hydrogen-bond acceptors (Lipinski definition) is 4. The molecule has 0 radical (unpaired) electrons. The average Bonchev–Trinajstić information content (AvgIpc) is 3.17. The molecule has 2 amide bonds. The van der Waals surface area contributed by atoms with Gasteiger partial charge in [-0.1, -0.05) is 27.7 Å². The molecule has 0 aliphatic carbocycles. The molecule has 1 aromatic carbocycles. The van der Waals surface area contributed by atoms with Crippen LogP contribution in [0.2, 0.25) is 0 Å². The summed E-state index contributed by atoms with van der Waals surface area (Å²) < 4.78 is 6.94. The Morgan fingerprint density at radius 1 is 1.16 bits per heavy atom. The second-order valence-corrected chi connectivity index (χ2v) is 9.83. The molecular formula is C24H35ClN4O3. The van der Waals surface area contributed by atoms with Gasteiger partial charge in [-0.15, -0.1) is 11.6 Å². The van der Waals surface area contributed by atoms with Crippen LogP contribution in [0.1, 0.15) is 53.7 Å². The SMILES string of the molecule is CCCN(CC(=O)Nc1cc(C(C)(C)C)nn1-c1ccc(OC)cc1)C(=O)C(C)(C)CCl. The van der Waals surface area contributed by atoms with E-state index < -0.39 is 5.41 Å². The zero-order valence-corrected chi connectivity index (χ0v) is 20.9. The van der Waals surface area contributed by atoms with Crippen molar-refractivity contribution in [3.8, 4) is 11.4 Å². The van der Waals surface area contributed by atoms with Crippen LogP contribution < -0.4 is 10.1 Å². The van der Waals surface area contributed by atoms with Gasteiger partial charge in [0.2, 0.25) is 11.8 Å². The highest BCUT2D eigenvalue weighted by atomic mass is 35.5. The molecule has 0 saturated carbocycles. The number of hydrogen-bond donors (Lipinski definition) is 1. The van der Waals surface area contributed by atoms with Crippen molar-refractivity contribution >= 4 is 29.2 Å². The quantitative estimate of drug-likeness (QED) is 0.551. The molecule has 7 nitrogen and oxygen atoms in total. The highest BCUT2D eigenvalue weighted by molar-refractivity contribution is 6.19. The second-order valence-electron chi connectivity index (χ2n) is 9.57. The molecule has 1 aromatic heterocycles. The summed E-state index contributed by atoms with van der Waals surface area (Å²) in [5.74, 6) is 1.05. The Morgan fingerprint density at radius 2 is 1.78 bits per heavy atom. The van der Waals surface area contributed by atoms with Crippen molar-refractivity contribution in [3.05, 3.63) is 36.0 Å². The Kier molecular flexibility index (Phi) is 8.35. The van der Waals surface area contributed by atoms with Crippen LogP contribution in [-0.4, -0.2) is 52.6 Å². The summed E-state index contributed by atoms with van der Waals surface area (Å²) in [4.78, 5) is 27.4. The first-order valence-electron chi connectivity index (χ1n) is 10.8. The van der Waals surface area contributed by atoms with Crippen molar-refractivity contribution < 1.29 is 14.3 Å². The summed E-state index contributed by atoms with van der Waals surface area (Å²) in [6.45, 7) is 12.2. The van der Waals surface area contributed by atoms with Crippen molar-refractivity contribution in [1.29, 1.82) is 0 Å². The number of benzene rings is 1. The van der Waals surface area contributed by atoms with Crippen molar-refractivity contribution in [1.82, 2.24) is 14.7 Å². The van der Waals surface area contributed by atoms with E-state index in [0.29, 0.717) is 12.4 Å². The first-order valence-corrected chi connectivity index (χ1v) is 11.4. The van der Waals surface area contributed by atoms with E-state index in [1.54, 1.807) is 30.5 Å². The number of aromatic nitrogens is 2. The van der Waals surface area contributed by atoms with Crippen LogP contribution >= 0.6 is 11.6 Å².